The van der Waals surface area contributed by atoms with Crippen molar-refractivity contribution in [2.75, 3.05) is 4.90 Å². The number of carbonyl (C=O) groups excluding carboxylic acids is 4. The number of aromatic nitrogens is 4. The van der Waals surface area contributed by atoms with Gasteiger partial charge in [0.05, 0.1) is 6.20 Å². The molecule has 0 saturated carbocycles. The lowest BCUT2D eigenvalue weighted by Gasteiger charge is -2.27. The fourth-order valence-electron chi connectivity index (χ4n) is 2.56. The molecular formula is C24H33N5O8. The van der Waals surface area contributed by atoms with Crippen molar-refractivity contribution in [3.05, 3.63) is 11.9 Å². The average molecular weight is 520 g/mol. The number of amides is 2. The summed E-state index contributed by atoms with van der Waals surface area (Å²) in [7, 11) is 0. The van der Waals surface area contributed by atoms with Gasteiger partial charge in [-0.3, -0.25) is 4.79 Å². The largest absolute Gasteiger partial charge is 0.515 e. The molecule has 0 atom stereocenters. The second kappa shape index (κ2) is 10.6. The minimum Gasteiger partial charge on any atom is -0.443 e. The van der Waals surface area contributed by atoms with Gasteiger partial charge in [0.2, 0.25) is 5.95 Å². The summed E-state index contributed by atoms with van der Waals surface area (Å²) in [5.41, 5.74) is -3.23. The van der Waals surface area contributed by atoms with Gasteiger partial charge in [-0.25, -0.2) is 24.4 Å². The summed E-state index contributed by atoms with van der Waals surface area (Å²) in [6.07, 6.45) is -2.11. The molecule has 2 heterocycles. The summed E-state index contributed by atoms with van der Waals surface area (Å²) in [6.45, 7) is 16.2. The van der Waals surface area contributed by atoms with Crippen LogP contribution in [0, 0.1) is 0 Å². The van der Waals surface area contributed by atoms with Crippen LogP contribution < -0.4 is 9.64 Å². The lowest BCUT2D eigenvalue weighted by atomic mass is 10.2. The molecule has 0 bridgehead atoms. The lowest BCUT2D eigenvalue weighted by Crippen LogP contribution is -2.44. The fourth-order valence-corrected chi connectivity index (χ4v) is 2.56. The SMILES string of the molecule is CCC(=O)c1cnc2nc(N(C(=O)OC(C)(C)C)C(=O)OC(C)(C)C)nc(OC(=O)OC(C)(C)C)c2n1. The van der Waals surface area contributed by atoms with Gasteiger partial charge in [0.1, 0.15) is 22.5 Å². The van der Waals surface area contributed by atoms with Gasteiger partial charge in [-0.1, -0.05) is 6.92 Å². The van der Waals surface area contributed by atoms with Crippen LogP contribution >= 0.6 is 0 Å². The zero-order valence-corrected chi connectivity index (χ0v) is 22.8. The van der Waals surface area contributed by atoms with Gasteiger partial charge in [0.15, 0.2) is 16.9 Å². The first-order chi connectivity index (χ1) is 16.8. The summed E-state index contributed by atoms with van der Waals surface area (Å²) in [6, 6.07) is 0. The summed E-state index contributed by atoms with van der Waals surface area (Å²) in [4.78, 5) is 67.7. The molecule has 2 aromatic rings. The Morgan fingerprint density at radius 3 is 1.76 bits per heavy atom. The quantitative estimate of drug-likeness (QED) is 0.302. The summed E-state index contributed by atoms with van der Waals surface area (Å²) in [5, 5.41) is 0. The zero-order chi connectivity index (χ0) is 28.3. The molecule has 0 saturated heterocycles. The molecule has 37 heavy (non-hydrogen) atoms. The van der Waals surface area contributed by atoms with Gasteiger partial charge < -0.3 is 18.9 Å². The van der Waals surface area contributed by atoms with Crippen LogP contribution in [-0.2, 0) is 14.2 Å². The van der Waals surface area contributed by atoms with Crippen LogP contribution in [0.1, 0.15) is 86.1 Å². The van der Waals surface area contributed by atoms with Crippen LogP contribution in [0.3, 0.4) is 0 Å². The number of rotatable bonds is 4. The molecule has 0 radical (unpaired) electrons. The second-order valence-corrected chi connectivity index (χ2v) is 10.9. The standard InChI is InChI=1S/C24H33N5O8/c1-11-14(30)13-12-25-16-15(26-13)17(34-21(33)37-24(8,9)10)28-18(27-16)29(19(31)35-22(2,3)4)20(32)36-23(5,6)7/h12H,11H2,1-10H3. The molecule has 2 amide bonds. The molecule has 202 valence electrons. The Kier molecular flexibility index (Phi) is 8.41. The van der Waals surface area contributed by atoms with Crippen molar-refractivity contribution in [1.82, 2.24) is 19.9 Å². The van der Waals surface area contributed by atoms with Gasteiger partial charge in [-0.2, -0.15) is 9.97 Å². The van der Waals surface area contributed by atoms with E-state index in [1.165, 1.54) is 6.20 Å². The Hall–Kier alpha value is -3.90. The molecule has 0 aliphatic rings. The molecule has 0 aromatic carbocycles. The van der Waals surface area contributed by atoms with Crippen LogP contribution in [0.5, 0.6) is 5.88 Å². The van der Waals surface area contributed by atoms with E-state index in [2.05, 4.69) is 19.9 Å². The van der Waals surface area contributed by atoms with Crippen LogP contribution in [0.25, 0.3) is 11.2 Å². The topological polar surface area (TPSA) is 160 Å². The molecule has 13 heteroatoms. The predicted octanol–water partition coefficient (Wildman–Crippen LogP) is 5.00. The van der Waals surface area contributed by atoms with Crippen molar-refractivity contribution in [2.45, 2.75) is 92.5 Å². The van der Waals surface area contributed by atoms with Crippen LogP contribution in [-0.4, -0.2) is 60.9 Å². The first-order valence-electron chi connectivity index (χ1n) is 11.5. The maximum atomic E-state index is 13.0. The molecule has 0 aliphatic heterocycles. The lowest BCUT2D eigenvalue weighted by molar-refractivity contribution is 0.0200. The number of ketones is 1. The van der Waals surface area contributed by atoms with Crippen molar-refractivity contribution >= 4 is 41.2 Å². The van der Waals surface area contributed by atoms with E-state index in [0.717, 1.165) is 0 Å². The number of anilines is 1. The minimum atomic E-state index is -1.14. The Morgan fingerprint density at radius 1 is 0.784 bits per heavy atom. The van der Waals surface area contributed by atoms with E-state index in [9.17, 15) is 19.2 Å². The zero-order valence-electron chi connectivity index (χ0n) is 22.8. The van der Waals surface area contributed by atoms with Gasteiger partial charge in [-0.15, -0.1) is 4.90 Å². The summed E-state index contributed by atoms with van der Waals surface area (Å²) >= 11 is 0. The highest BCUT2D eigenvalue weighted by Crippen LogP contribution is 2.27. The Bertz CT molecular complexity index is 1180. The Morgan fingerprint density at radius 2 is 1.30 bits per heavy atom. The van der Waals surface area contributed by atoms with Crippen LogP contribution in [0.4, 0.5) is 20.3 Å². The van der Waals surface area contributed by atoms with Crippen molar-refractivity contribution in [1.29, 1.82) is 0 Å². The van der Waals surface area contributed by atoms with E-state index >= 15 is 0 Å². The summed E-state index contributed by atoms with van der Waals surface area (Å²) in [5.74, 6) is -1.38. The van der Waals surface area contributed by atoms with Gasteiger partial charge in [0, 0.05) is 6.42 Å². The number of hydrogen-bond donors (Lipinski definition) is 0. The molecule has 0 N–H and O–H groups in total. The van der Waals surface area contributed by atoms with Crippen molar-refractivity contribution < 1.29 is 38.1 Å². The van der Waals surface area contributed by atoms with E-state index in [1.54, 1.807) is 69.2 Å². The maximum Gasteiger partial charge on any atom is 0.515 e. The van der Waals surface area contributed by atoms with Crippen molar-refractivity contribution in [3.63, 3.8) is 0 Å². The number of ether oxygens (including phenoxy) is 4. The molecule has 0 unspecified atom stereocenters. The third-order valence-corrected chi connectivity index (χ3v) is 3.89. The molecule has 2 rings (SSSR count). The van der Waals surface area contributed by atoms with E-state index in [-0.39, 0.29) is 29.1 Å². The van der Waals surface area contributed by atoms with Crippen molar-refractivity contribution in [2.24, 2.45) is 0 Å². The van der Waals surface area contributed by atoms with Crippen LogP contribution in [0.15, 0.2) is 6.20 Å². The number of hydrogen-bond acceptors (Lipinski definition) is 12. The smallest absolute Gasteiger partial charge is 0.443 e. The first-order valence-corrected chi connectivity index (χ1v) is 11.5. The van der Waals surface area contributed by atoms with Gasteiger partial charge in [-0.05, 0) is 62.3 Å². The number of imide groups is 1. The molecule has 0 spiro atoms. The van der Waals surface area contributed by atoms with E-state index in [0.29, 0.717) is 4.90 Å². The molecule has 0 fully saturated rings. The normalized spacial score (nSPS) is 12.1. The van der Waals surface area contributed by atoms with Crippen molar-refractivity contribution in [3.8, 4) is 5.88 Å². The first kappa shape index (κ1) is 29.3. The number of nitrogens with zero attached hydrogens (tertiary/aromatic N) is 5. The highest BCUT2D eigenvalue weighted by molar-refractivity contribution is 6.08. The maximum absolute atomic E-state index is 13.0. The van der Waals surface area contributed by atoms with Gasteiger partial charge >= 0.3 is 18.3 Å². The Balaban J connectivity index is 2.73. The Labute approximate surface area is 214 Å². The highest BCUT2D eigenvalue weighted by Gasteiger charge is 2.36. The predicted molar refractivity (Wildman–Crippen MR) is 132 cm³/mol. The second-order valence-electron chi connectivity index (χ2n) is 10.9. The molecule has 0 aliphatic carbocycles. The van der Waals surface area contributed by atoms with Gasteiger partial charge in [0.25, 0.3) is 5.88 Å². The highest BCUT2D eigenvalue weighted by atomic mass is 16.7. The van der Waals surface area contributed by atoms with E-state index in [4.69, 9.17) is 18.9 Å². The number of carbonyl (C=O) groups is 4. The fraction of sp³-hybridized carbons (Fsp3) is 0.583. The molecular weight excluding hydrogens is 486 g/mol. The number of Topliss-reactive ketones (excluding diaryl/α,β-unsaturated/α-hetero) is 1. The molecule has 13 nitrogen and oxygen atoms in total. The monoisotopic (exact) mass is 519 g/mol. The minimum absolute atomic E-state index is 0.0171. The third kappa shape index (κ3) is 8.62. The summed E-state index contributed by atoms with van der Waals surface area (Å²) < 4.78 is 21.1. The van der Waals surface area contributed by atoms with E-state index < -0.39 is 47.0 Å². The average Bonchev–Trinajstić information content (AvgIpc) is 2.69. The van der Waals surface area contributed by atoms with Crippen LogP contribution in [0.2, 0.25) is 0 Å². The third-order valence-electron chi connectivity index (χ3n) is 3.89. The number of fused-ring (bicyclic) bond motifs is 1. The molecule has 2 aromatic heterocycles. The van der Waals surface area contributed by atoms with E-state index in [1.807, 2.05) is 0 Å².